The van der Waals surface area contributed by atoms with Crippen molar-refractivity contribution in [3.05, 3.63) is 74.8 Å². The molecule has 1 N–H and O–H groups in total. The third-order valence-corrected chi connectivity index (χ3v) is 4.76. The summed E-state index contributed by atoms with van der Waals surface area (Å²) >= 11 is 0. The average molecular weight is 410 g/mol. The van der Waals surface area contributed by atoms with Crippen LogP contribution in [0.1, 0.15) is 36.6 Å². The highest BCUT2D eigenvalue weighted by atomic mass is 16.6. The molecule has 0 radical (unpaired) electrons. The van der Waals surface area contributed by atoms with Crippen LogP contribution in [0, 0.1) is 10.1 Å². The van der Waals surface area contributed by atoms with Crippen molar-refractivity contribution in [3.8, 4) is 0 Å². The summed E-state index contributed by atoms with van der Waals surface area (Å²) < 4.78 is 0. The third kappa shape index (κ3) is 3.75. The first-order valence-corrected chi connectivity index (χ1v) is 8.93. The highest BCUT2D eigenvalue weighted by Gasteiger charge is 2.41. The molecule has 30 heavy (non-hydrogen) atoms. The Hall–Kier alpha value is -4.08. The number of amides is 4. The fourth-order valence-electron chi connectivity index (χ4n) is 3.14. The Balaban J connectivity index is 1.71. The van der Waals surface area contributed by atoms with E-state index in [0.717, 1.165) is 11.6 Å². The smallest absolute Gasteiger partial charge is 0.282 e. The van der Waals surface area contributed by atoms with Gasteiger partial charge in [0.15, 0.2) is 0 Å². The van der Waals surface area contributed by atoms with E-state index in [4.69, 9.17) is 0 Å². The lowest BCUT2D eigenvalue weighted by molar-refractivity contribution is -0.385. The second kappa shape index (κ2) is 8.11. The van der Waals surface area contributed by atoms with Crippen molar-refractivity contribution in [2.45, 2.75) is 6.54 Å². The Morgan fingerprint density at radius 1 is 1.10 bits per heavy atom. The van der Waals surface area contributed by atoms with Gasteiger partial charge in [-0.05, 0) is 23.8 Å². The number of carbonyl (C=O) groups is 4. The van der Waals surface area contributed by atoms with Crippen molar-refractivity contribution in [2.24, 2.45) is 0 Å². The van der Waals surface area contributed by atoms with E-state index < -0.39 is 34.9 Å². The number of benzene rings is 2. The van der Waals surface area contributed by atoms with Gasteiger partial charge in [-0.2, -0.15) is 0 Å². The quantitative estimate of drug-likeness (QED) is 0.433. The molecular weight excluding hydrogens is 392 g/mol. The van der Waals surface area contributed by atoms with Crippen molar-refractivity contribution in [3.63, 3.8) is 0 Å². The first kappa shape index (κ1) is 20.6. The van der Waals surface area contributed by atoms with Crippen LogP contribution in [0.2, 0.25) is 0 Å². The molecular formula is C20H18N4O6. The van der Waals surface area contributed by atoms with Crippen LogP contribution in [0.15, 0.2) is 42.5 Å². The molecule has 0 atom stereocenters. The predicted molar refractivity (Wildman–Crippen MR) is 105 cm³/mol. The Kier molecular flexibility index (Phi) is 5.58. The highest BCUT2D eigenvalue weighted by Crippen LogP contribution is 2.30. The second-order valence-electron chi connectivity index (χ2n) is 6.68. The van der Waals surface area contributed by atoms with Gasteiger partial charge < -0.3 is 10.2 Å². The van der Waals surface area contributed by atoms with Gasteiger partial charge in [0.1, 0.15) is 12.1 Å². The summed E-state index contributed by atoms with van der Waals surface area (Å²) in [6, 6.07) is 10.4. The number of nitro groups is 1. The zero-order valence-electron chi connectivity index (χ0n) is 16.2. The Morgan fingerprint density at radius 2 is 1.77 bits per heavy atom. The number of nitrogens with zero attached hydrogens (tertiary/aromatic N) is 3. The van der Waals surface area contributed by atoms with Gasteiger partial charge in [-0.25, -0.2) is 0 Å². The molecule has 10 heteroatoms. The Bertz CT molecular complexity index is 1060. The van der Waals surface area contributed by atoms with Crippen LogP contribution in [-0.4, -0.2) is 59.0 Å². The lowest BCUT2D eigenvalue weighted by atomic mass is 10.1. The minimum absolute atomic E-state index is 0.0885. The van der Waals surface area contributed by atoms with Crippen LogP contribution in [0.3, 0.4) is 0 Å². The van der Waals surface area contributed by atoms with Crippen molar-refractivity contribution in [1.29, 1.82) is 0 Å². The Labute approximate surface area is 171 Å². The molecule has 1 heterocycles. The molecule has 0 bridgehead atoms. The fourth-order valence-corrected chi connectivity index (χ4v) is 3.14. The number of likely N-dealkylation sites (N-methyl/N-ethyl adjacent to an activating group) is 1. The van der Waals surface area contributed by atoms with E-state index in [0.29, 0.717) is 10.5 Å². The lowest BCUT2D eigenvalue weighted by Gasteiger charge is -2.21. The molecule has 4 amide bonds. The number of hydrogen-bond donors (Lipinski definition) is 1. The zero-order valence-corrected chi connectivity index (χ0v) is 16.2. The van der Waals surface area contributed by atoms with Crippen LogP contribution in [0.25, 0.3) is 0 Å². The van der Waals surface area contributed by atoms with Gasteiger partial charge >= 0.3 is 0 Å². The summed E-state index contributed by atoms with van der Waals surface area (Å²) in [7, 11) is 3.03. The van der Waals surface area contributed by atoms with Crippen LogP contribution in [0.4, 0.5) is 5.69 Å². The minimum Gasteiger partial charge on any atom is -0.355 e. The molecule has 154 valence electrons. The lowest BCUT2D eigenvalue weighted by Crippen LogP contribution is -2.41. The molecule has 3 rings (SSSR count). The molecule has 0 unspecified atom stereocenters. The number of fused-ring (bicyclic) bond motifs is 1. The number of carbonyl (C=O) groups excluding carboxylic acids is 4. The Morgan fingerprint density at radius 3 is 2.37 bits per heavy atom. The summed E-state index contributed by atoms with van der Waals surface area (Å²) in [6.07, 6.45) is 0. The number of nitro benzene ring substituents is 1. The first-order valence-electron chi connectivity index (χ1n) is 8.93. The minimum atomic E-state index is -0.862. The summed E-state index contributed by atoms with van der Waals surface area (Å²) in [5.74, 6) is -2.34. The molecule has 0 spiro atoms. The molecule has 0 aliphatic carbocycles. The molecule has 0 saturated heterocycles. The number of nitrogens with one attached hydrogen (secondary N) is 1. The van der Waals surface area contributed by atoms with Gasteiger partial charge in [0.2, 0.25) is 5.91 Å². The maximum atomic E-state index is 12.6. The molecule has 2 aromatic carbocycles. The van der Waals surface area contributed by atoms with Crippen molar-refractivity contribution >= 4 is 29.3 Å². The largest absolute Gasteiger partial charge is 0.355 e. The van der Waals surface area contributed by atoms with Crippen molar-refractivity contribution in [2.75, 3.05) is 20.6 Å². The van der Waals surface area contributed by atoms with E-state index >= 15 is 0 Å². The molecule has 1 aliphatic heterocycles. The number of hydrogen-bond acceptors (Lipinski definition) is 6. The van der Waals surface area contributed by atoms with E-state index in [1.54, 1.807) is 24.3 Å². The summed E-state index contributed by atoms with van der Waals surface area (Å²) in [5, 5.41) is 13.7. The van der Waals surface area contributed by atoms with E-state index in [-0.39, 0.29) is 23.6 Å². The molecule has 0 saturated carbocycles. The van der Waals surface area contributed by atoms with E-state index in [2.05, 4.69) is 5.32 Å². The average Bonchev–Trinajstić information content (AvgIpc) is 2.98. The van der Waals surface area contributed by atoms with Crippen LogP contribution in [0.5, 0.6) is 0 Å². The van der Waals surface area contributed by atoms with Crippen molar-refractivity contribution in [1.82, 2.24) is 15.1 Å². The maximum absolute atomic E-state index is 12.6. The van der Waals surface area contributed by atoms with Gasteiger partial charge in [-0.3, -0.25) is 34.2 Å². The standard InChI is InChI=1S/C20H18N4O6/c1-21-18(26)13-8-6-12(7-9-13)10-22(2)16(25)11-23-19(27)14-4-3-5-15(24(29)30)17(14)20(23)28/h3-9H,10-11H2,1-2H3,(H,21,26). The van der Waals surface area contributed by atoms with Crippen molar-refractivity contribution < 1.29 is 24.1 Å². The zero-order chi connectivity index (χ0) is 22.0. The maximum Gasteiger partial charge on any atom is 0.282 e. The highest BCUT2D eigenvalue weighted by molar-refractivity contribution is 6.24. The predicted octanol–water partition coefficient (Wildman–Crippen LogP) is 1.21. The third-order valence-electron chi connectivity index (χ3n) is 4.76. The molecule has 10 nitrogen and oxygen atoms in total. The fraction of sp³-hybridized carbons (Fsp3) is 0.200. The summed E-state index contributed by atoms with van der Waals surface area (Å²) in [4.78, 5) is 61.7. The second-order valence-corrected chi connectivity index (χ2v) is 6.68. The molecule has 0 aromatic heterocycles. The van der Waals surface area contributed by atoms with E-state index in [1.807, 2.05) is 0 Å². The van der Waals surface area contributed by atoms with Gasteiger partial charge in [0.25, 0.3) is 23.4 Å². The van der Waals surface area contributed by atoms with Crippen LogP contribution < -0.4 is 5.32 Å². The monoisotopic (exact) mass is 410 g/mol. The van der Waals surface area contributed by atoms with Gasteiger partial charge in [0.05, 0.1) is 10.5 Å². The van der Waals surface area contributed by atoms with Gasteiger partial charge in [0, 0.05) is 32.3 Å². The summed E-state index contributed by atoms with van der Waals surface area (Å²) in [6.45, 7) is -0.341. The van der Waals surface area contributed by atoms with E-state index in [1.165, 1.54) is 31.1 Å². The number of rotatable bonds is 6. The summed E-state index contributed by atoms with van der Waals surface area (Å²) in [5.41, 5.74) is 0.367. The SMILES string of the molecule is CNC(=O)c1ccc(CN(C)C(=O)CN2C(=O)c3cccc([N+](=O)[O-])c3C2=O)cc1. The first-order chi connectivity index (χ1) is 14.2. The van der Waals surface area contributed by atoms with Gasteiger partial charge in [-0.1, -0.05) is 18.2 Å². The molecule has 0 fully saturated rings. The van der Waals surface area contributed by atoms with Crippen LogP contribution >= 0.6 is 0 Å². The normalized spacial score (nSPS) is 12.5. The van der Waals surface area contributed by atoms with Crippen LogP contribution in [-0.2, 0) is 11.3 Å². The molecule has 1 aliphatic rings. The molecule has 2 aromatic rings. The number of imide groups is 1. The topological polar surface area (TPSA) is 130 Å². The van der Waals surface area contributed by atoms with Gasteiger partial charge in [-0.15, -0.1) is 0 Å². The van der Waals surface area contributed by atoms with E-state index in [9.17, 15) is 29.3 Å².